The Labute approximate surface area is 61.5 Å². The summed E-state index contributed by atoms with van der Waals surface area (Å²) < 4.78 is 25.2. The van der Waals surface area contributed by atoms with Crippen LogP contribution in [-0.4, -0.2) is 15.0 Å². The molecule has 10 heavy (non-hydrogen) atoms. The maximum atomic E-state index is 10.4. The molecular weight excluding hydrogens is 152 g/mol. The Hall–Kier alpha value is -0.530. The van der Waals surface area contributed by atoms with Crippen molar-refractivity contribution in [1.29, 1.82) is 0 Å². The van der Waals surface area contributed by atoms with Crippen LogP contribution in [0.5, 0.6) is 0 Å². The van der Waals surface area contributed by atoms with Gasteiger partial charge < -0.3 is 0 Å². The average Bonchev–Trinajstić information content (AvgIpc) is 1.89. The Morgan fingerprint density at radius 3 is 2.60 bits per heavy atom. The van der Waals surface area contributed by atoms with Crippen molar-refractivity contribution in [2.75, 3.05) is 6.61 Å². The molecule has 0 unspecified atom stereocenters. The lowest BCUT2D eigenvalue weighted by Crippen LogP contribution is -2.02. The third-order valence-corrected chi connectivity index (χ3v) is 1.65. The predicted molar refractivity (Wildman–Crippen MR) is 38.6 cm³/mol. The van der Waals surface area contributed by atoms with Crippen LogP contribution in [0.1, 0.15) is 19.8 Å². The largest absolute Gasteiger partial charge is 0.337 e. The second-order valence-electron chi connectivity index (χ2n) is 1.75. The zero-order chi connectivity index (χ0) is 8.04. The molecular formula is C6H10O3S. The summed E-state index contributed by atoms with van der Waals surface area (Å²) in [5.41, 5.74) is 0. The van der Waals surface area contributed by atoms with Crippen molar-refractivity contribution in [3.8, 4) is 11.7 Å². The summed E-state index contributed by atoms with van der Waals surface area (Å²) in [6, 6.07) is 0. The molecule has 0 aromatic heterocycles. The average molecular weight is 162 g/mol. The summed E-state index contributed by atoms with van der Waals surface area (Å²) in [4.78, 5) is 0. The molecule has 0 atom stereocenters. The molecule has 0 aromatic rings. The Morgan fingerprint density at radius 1 is 1.60 bits per heavy atom. The van der Waals surface area contributed by atoms with Crippen molar-refractivity contribution < 1.29 is 12.6 Å². The maximum Gasteiger partial charge on any atom is 0.337 e. The van der Waals surface area contributed by atoms with E-state index in [1.54, 1.807) is 5.25 Å². The summed E-state index contributed by atoms with van der Waals surface area (Å²) in [5, 5.41) is 1.55. The molecule has 0 amide bonds. The van der Waals surface area contributed by atoms with Crippen molar-refractivity contribution in [3.05, 3.63) is 0 Å². The van der Waals surface area contributed by atoms with Crippen LogP contribution in [0.25, 0.3) is 0 Å². The normalized spacial score (nSPS) is 10.8. The monoisotopic (exact) mass is 162 g/mol. The summed E-state index contributed by atoms with van der Waals surface area (Å²) in [5.74, 6) is 0. The van der Waals surface area contributed by atoms with E-state index in [9.17, 15) is 8.42 Å². The molecule has 0 fully saturated rings. The fourth-order valence-corrected chi connectivity index (χ4v) is 0.752. The molecule has 0 aliphatic heterocycles. The van der Waals surface area contributed by atoms with Crippen molar-refractivity contribution >= 4 is 10.1 Å². The Kier molecular flexibility index (Phi) is 4.08. The van der Waals surface area contributed by atoms with Crippen molar-refractivity contribution in [2.45, 2.75) is 19.8 Å². The van der Waals surface area contributed by atoms with E-state index in [0.29, 0.717) is 6.42 Å². The van der Waals surface area contributed by atoms with E-state index in [2.05, 4.69) is 10.6 Å². The topological polar surface area (TPSA) is 43.4 Å². The maximum absolute atomic E-state index is 10.4. The number of terminal acetylenes is 1. The first-order valence-electron chi connectivity index (χ1n) is 2.99. The van der Waals surface area contributed by atoms with Gasteiger partial charge in [-0.15, -0.1) is 6.42 Å². The molecule has 58 valence electrons. The predicted octanol–water partition coefficient (Wildman–Crippen LogP) is 0.724. The van der Waals surface area contributed by atoms with Crippen LogP contribution in [-0.2, 0) is 14.3 Å². The molecule has 0 saturated carbocycles. The van der Waals surface area contributed by atoms with E-state index in [1.807, 2.05) is 6.92 Å². The molecule has 0 radical (unpaired) electrons. The molecule has 0 aliphatic rings. The third kappa shape index (κ3) is 4.36. The van der Waals surface area contributed by atoms with E-state index >= 15 is 0 Å². The molecule has 0 rings (SSSR count). The van der Waals surface area contributed by atoms with Gasteiger partial charge in [-0.25, -0.2) is 0 Å². The summed E-state index contributed by atoms with van der Waals surface area (Å²) in [6.45, 7) is 2.12. The van der Waals surface area contributed by atoms with Gasteiger partial charge in [0.1, 0.15) is 0 Å². The van der Waals surface area contributed by atoms with E-state index in [1.165, 1.54) is 0 Å². The number of unbranched alkanes of at least 4 members (excludes halogenated alkanes) is 1. The van der Waals surface area contributed by atoms with Gasteiger partial charge in [-0.1, -0.05) is 13.3 Å². The molecule has 4 heteroatoms. The summed E-state index contributed by atoms with van der Waals surface area (Å²) in [6.07, 6.45) is 6.22. The van der Waals surface area contributed by atoms with Crippen LogP contribution >= 0.6 is 0 Å². The summed E-state index contributed by atoms with van der Waals surface area (Å²) >= 11 is 0. The van der Waals surface area contributed by atoms with Gasteiger partial charge in [0, 0.05) is 0 Å². The van der Waals surface area contributed by atoms with E-state index in [4.69, 9.17) is 0 Å². The van der Waals surface area contributed by atoms with E-state index < -0.39 is 10.1 Å². The minimum Gasteiger partial charge on any atom is -0.260 e. The van der Waals surface area contributed by atoms with Crippen molar-refractivity contribution in [2.24, 2.45) is 0 Å². The van der Waals surface area contributed by atoms with Gasteiger partial charge in [0.2, 0.25) is 0 Å². The van der Waals surface area contributed by atoms with Gasteiger partial charge in [0.25, 0.3) is 0 Å². The lowest BCUT2D eigenvalue weighted by atomic mass is 10.4. The fraction of sp³-hybridized carbons (Fsp3) is 0.667. The van der Waals surface area contributed by atoms with Gasteiger partial charge in [-0.2, -0.15) is 8.42 Å². The number of rotatable bonds is 4. The Balaban J connectivity index is 3.62. The zero-order valence-corrected chi connectivity index (χ0v) is 6.65. The second-order valence-corrected chi connectivity index (χ2v) is 3.13. The molecule has 0 aromatic carbocycles. The van der Waals surface area contributed by atoms with Gasteiger partial charge in [0.05, 0.1) is 11.9 Å². The highest BCUT2D eigenvalue weighted by Crippen LogP contribution is 1.93. The quantitative estimate of drug-likeness (QED) is 0.347. The van der Waals surface area contributed by atoms with Gasteiger partial charge in [-0.3, -0.25) is 4.18 Å². The molecule has 0 N–H and O–H groups in total. The highest BCUT2D eigenvalue weighted by molar-refractivity contribution is 7.91. The van der Waals surface area contributed by atoms with E-state index in [-0.39, 0.29) is 6.61 Å². The number of hydrogen-bond donors (Lipinski definition) is 0. The smallest absolute Gasteiger partial charge is 0.260 e. The first-order chi connectivity index (χ1) is 4.62. The first kappa shape index (κ1) is 9.47. The molecule has 0 aliphatic carbocycles. The molecule has 0 saturated heterocycles. The van der Waals surface area contributed by atoms with Crippen LogP contribution in [0.4, 0.5) is 0 Å². The van der Waals surface area contributed by atoms with Crippen LogP contribution in [0.2, 0.25) is 0 Å². The first-order valence-corrected chi connectivity index (χ1v) is 4.40. The highest BCUT2D eigenvalue weighted by Gasteiger charge is 2.02. The minimum absolute atomic E-state index is 0.184. The Bertz CT molecular complexity index is 210. The van der Waals surface area contributed by atoms with Gasteiger partial charge >= 0.3 is 10.1 Å². The lowest BCUT2D eigenvalue weighted by molar-refractivity contribution is 0.317. The Morgan fingerprint density at radius 2 is 2.20 bits per heavy atom. The molecule has 3 nitrogen and oxygen atoms in total. The molecule has 0 heterocycles. The van der Waals surface area contributed by atoms with Crippen LogP contribution in [0.15, 0.2) is 0 Å². The van der Waals surface area contributed by atoms with Gasteiger partial charge in [0.15, 0.2) is 0 Å². The van der Waals surface area contributed by atoms with Crippen LogP contribution in [0.3, 0.4) is 0 Å². The number of hydrogen-bond acceptors (Lipinski definition) is 3. The van der Waals surface area contributed by atoms with Crippen molar-refractivity contribution in [1.82, 2.24) is 0 Å². The summed E-state index contributed by atoms with van der Waals surface area (Å²) in [7, 11) is -3.66. The van der Waals surface area contributed by atoms with Crippen molar-refractivity contribution in [3.63, 3.8) is 0 Å². The highest BCUT2D eigenvalue weighted by atomic mass is 32.2. The second kappa shape index (κ2) is 4.31. The molecule has 0 bridgehead atoms. The fourth-order valence-electron chi connectivity index (χ4n) is 0.347. The third-order valence-electron chi connectivity index (χ3n) is 0.881. The SMILES string of the molecule is C#CS(=O)(=O)OCCCC. The van der Waals surface area contributed by atoms with Crippen LogP contribution in [0, 0.1) is 11.7 Å². The van der Waals surface area contributed by atoms with Gasteiger partial charge in [-0.05, 0) is 6.42 Å². The minimum atomic E-state index is -3.66. The zero-order valence-electron chi connectivity index (χ0n) is 5.83. The lowest BCUT2D eigenvalue weighted by Gasteiger charge is -1.95. The molecule has 0 spiro atoms. The standard InChI is InChI=1S/C6H10O3S/c1-3-5-6-9-10(7,8)4-2/h2H,3,5-6H2,1H3. The van der Waals surface area contributed by atoms with Crippen LogP contribution < -0.4 is 0 Å². The van der Waals surface area contributed by atoms with E-state index in [0.717, 1.165) is 6.42 Å².